The monoisotopic (exact) mass is 486 g/mol. The third-order valence-electron chi connectivity index (χ3n) is 7.43. The number of fused-ring (bicyclic) bond motifs is 1. The number of ether oxygens (including phenoxy) is 1. The fourth-order valence-electron chi connectivity index (χ4n) is 5.64. The molecule has 0 bridgehead atoms. The van der Waals surface area contributed by atoms with E-state index in [2.05, 4.69) is 0 Å². The van der Waals surface area contributed by atoms with Gasteiger partial charge in [-0.15, -0.1) is 0 Å². The molecule has 36 heavy (non-hydrogen) atoms. The van der Waals surface area contributed by atoms with Crippen molar-refractivity contribution in [3.05, 3.63) is 64.7 Å². The summed E-state index contributed by atoms with van der Waals surface area (Å²) in [5, 5.41) is 0. The second-order valence-electron chi connectivity index (χ2n) is 10.3. The predicted molar refractivity (Wildman–Crippen MR) is 136 cm³/mol. The van der Waals surface area contributed by atoms with Gasteiger partial charge in [0.05, 0.1) is 23.4 Å². The fraction of sp³-hybridized carbons (Fsp3) is 0.379. The molecule has 1 aliphatic carbocycles. The van der Waals surface area contributed by atoms with Crippen molar-refractivity contribution in [2.75, 3.05) is 16.3 Å². The summed E-state index contributed by atoms with van der Waals surface area (Å²) in [4.78, 5) is 54.6. The number of anilines is 2. The number of nitrogens with zero attached hydrogens (tertiary/aromatic N) is 2. The minimum absolute atomic E-state index is 0.0932. The van der Waals surface area contributed by atoms with Crippen molar-refractivity contribution in [1.82, 2.24) is 0 Å². The largest absolute Gasteiger partial charge is 0.426 e. The Morgan fingerprint density at radius 3 is 2.28 bits per heavy atom. The second-order valence-corrected chi connectivity index (χ2v) is 10.3. The van der Waals surface area contributed by atoms with Crippen molar-refractivity contribution in [2.24, 2.45) is 17.8 Å². The van der Waals surface area contributed by atoms with Crippen LogP contribution in [0.2, 0.25) is 0 Å². The van der Waals surface area contributed by atoms with Crippen LogP contribution in [0.15, 0.2) is 48.0 Å². The Kier molecular flexibility index (Phi) is 6.02. The number of imide groups is 1. The maximum Gasteiger partial charge on any atom is 0.316 e. The summed E-state index contributed by atoms with van der Waals surface area (Å²) in [6, 6.07) is 10.8. The zero-order chi connectivity index (χ0) is 25.7. The first-order valence-electron chi connectivity index (χ1n) is 12.4. The number of hydrogen-bond donors (Lipinski definition) is 0. The van der Waals surface area contributed by atoms with E-state index in [1.807, 2.05) is 45.0 Å². The molecule has 7 heteroatoms. The Hall–Kier alpha value is -3.74. The molecule has 5 rings (SSSR count). The third kappa shape index (κ3) is 4.23. The lowest BCUT2D eigenvalue weighted by molar-refractivity contribution is -0.139. The van der Waals surface area contributed by atoms with Crippen LogP contribution in [0.5, 0.6) is 5.75 Å². The van der Waals surface area contributed by atoms with Crippen LogP contribution in [0.25, 0.3) is 0 Å². The molecule has 0 aromatic heterocycles. The highest BCUT2D eigenvalue weighted by atomic mass is 16.5. The molecule has 2 saturated heterocycles. The minimum atomic E-state index is -0.570. The highest BCUT2D eigenvalue weighted by Gasteiger charge is 2.49. The van der Waals surface area contributed by atoms with Crippen LogP contribution in [0, 0.1) is 38.5 Å². The molecule has 0 N–H and O–H groups in total. The number of amides is 3. The average Bonchev–Trinajstić information content (AvgIpc) is 3.31. The Morgan fingerprint density at radius 1 is 0.889 bits per heavy atom. The van der Waals surface area contributed by atoms with Crippen molar-refractivity contribution in [2.45, 2.75) is 47.0 Å². The van der Waals surface area contributed by atoms with E-state index in [0.717, 1.165) is 22.4 Å². The van der Waals surface area contributed by atoms with E-state index in [1.165, 1.54) is 4.90 Å². The van der Waals surface area contributed by atoms with Crippen LogP contribution >= 0.6 is 0 Å². The van der Waals surface area contributed by atoms with Gasteiger partial charge in [-0.3, -0.25) is 19.2 Å². The van der Waals surface area contributed by atoms with E-state index in [-0.39, 0.29) is 42.5 Å². The third-order valence-corrected chi connectivity index (χ3v) is 7.43. The number of carbonyl (C=O) groups excluding carboxylic acids is 4. The highest BCUT2D eigenvalue weighted by molar-refractivity contribution is 6.22. The van der Waals surface area contributed by atoms with E-state index in [0.29, 0.717) is 29.8 Å². The van der Waals surface area contributed by atoms with E-state index in [1.54, 1.807) is 30.0 Å². The second kappa shape index (κ2) is 9.04. The fourth-order valence-corrected chi connectivity index (χ4v) is 5.64. The quantitative estimate of drug-likeness (QED) is 0.277. The van der Waals surface area contributed by atoms with Gasteiger partial charge in [0.2, 0.25) is 17.7 Å². The summed E-state index contributed by atoms with van der Waals surface area (Å²) < 4.78 is 5.62. The first kappa shape index (κ1) is 24.0. The Morgan fingerprint density at radius 2 is 1.58 bits per heavy atom. The zero-order valence-corrected chi connectivity index (χ0v) is 21.0. The van der Waals surface area contributed by atoms with Crippen LogP contribution in [-0.4, -0.2) is 30.2 Å². The summed E-state index contributed by atoms with van der Waals surface area (Å²) >= 11 is 0. The lowest BCUT2D eigenvalue weighted by Gasteiger charge is -2.19. The molecule has 3 aliphatic rings. The maximum absolute atomic E-state index is 13.1. The van der Waals surface area contributed by atoms with Crippen molar-refractivity contribution >= 4 is 35.1 Å². The molecule has 0 saturated carbocycles. The van der Waals surface area contributed by atoms with Gasteiger partial charge in [-0.1, -0.05) is 17.7 Å². The number of esters is 1. The molecule has 3 amide bonds. The van der Waals surface area contributed by atoms with Gasteiger partial charge in [0.25, 0.3) is 0 Å². The average molecular weight is 487 g/mol. The first-order valence-corrected chi connectivity index (χ1v) is 12.4. The van der Waals surface area contributed by atoms with E-state index in [9.17, 15) is 19.2 Å². The standard InChI is InChI=1S/C29H30N2O5/c1-16-5-7-23-24(12-16)28(34)31(27(23)33)25-8-6-22(13-19(25)4)36-29(35)20-14-26(32)30(15-20)21-10-17(2)9-18(3)11-21/h5-6,8-11,13,20,23-24H,7,12,14-15H2,1-4H3/t20-,23+,24+/m1/s1. The SMILES string of the molecule is CC1=CC[C@@H]2C(=O)N(c3ccc(OC(=O)[C@@H]4CC(=O)N(c5cc(C)cc(C)c5)C4)cc3C)C(=O)[C@H]2C1. The number of rotatable bonds is 4. The molecular weight excluding hydrogens is 456 g/mol. The Balaban J connectivity index is 1.28. The molecule has 3 atom stereocenters. The summed E-state index contributed by atoms with van der Waals surface area (Å²) in [7, 11) is 0. The van der Waals surface area contributed by atoms with Gasteiger partial charge in [-0.2, -0.15) is 0 Å². The highest BCUT2D eigenvalue weighted by Crippen LogP contribution is 2.41. The number of benzene rings is 2. The minimum Gasteiger partial charge on any atom is -0.426 e. The maximum atomic E-state index is 13.1. The van der Waals surface area contributed by atoms with E-state index in [4.69, 9.17) is 4.74 Å². The molecule has 2 aliphatic heterocycles. The van der Waals surface area contributed by atoms with Gasteiger partial charge in [-0.25, -0.2) is 4.90 Å². The van der Waals surface area contributed by atoms with Crippen molar-refractivity contribution < 1.29 is 23.9 Å². The molecule has 2 fully saturated rings. The van der Waals surface area contributed by atoms with Crippen molar-refractivity contribution in [3.63, 3.8) is 0 Å². The summed E-state index contributed by atoms with van der Waals surface area (Å²) in [5.74, 6) is -1.77. The molecule has 186 valence electrons. The van der Waals surface area contributed by atoms with Crippen LogP contribution in [0.4, 0.5) is 11.4 Å². The first-order chi connectivity index (χ1) is 17.1. The van der Waals surface area contributed by atoms with E-state index < -0.39 is 11.9 Å². The van der Waals surface area contributed by atoms with Gasteiger partial charge in [-0.05, 0) is 87.6 Å². The zero-order valence-electron chi connectivity index (χ0n) is 21.0. The van der Waals surface area contributed by atoms with Gasteiger partial charge in [0.15, 0.2) is 0 Å². The molecule has 0 spiro atoms. The molecule has 7 nitrogen and oxygen atoms in total. The molecule has 2 heterocycles. The predicted octanol–water partition coefficient (Wildman–Crippen LogP) is 4.42. The molecule has 0 unspecified atom stereocenters. The summed E-state index contributed by atoms with van der Waals surface area (Å²) in [6.45, 7) is 8.00. The van der Waals surface area contributed by atoms with Crippen LogP contribution in [0.3, 0.4) is 0 Å². The molecule has 0 radical (unpaired) electrons. The van der Waals surface area contributed by atoms with Crippen LogP contribution in [0.1, 0.15) is 42.9 Å². The number of aryl methyl sites for hydroxylation is 3. The van der Waals surface area contributed by atoms with Crippen LogP contribution < -0.4 is 14.5 Å². The number of hydrogen-bond acceptors (Lipinski definition) is 5. The molecular formula is C29H30N2O5. The molecule has 2 aromatic rings. The molecule has 2 aromatic carbocycles. The van der Waals surface area contributed by atoms with Gasteiger partial charge in [0.1, 0.15) is 5.75 Å². The van der Waals surface area contributed by atoms with Crippen LogP contribution in [-0.2, 0) is 19.2 Å². The number of carbonyl (C=O) groups is 4. The smallest absolute Gasteiger partial charge is 0.316 e. The van der Waals surface area contributed by atoms with Gasteiger partial charge < -0.3 is 9.64 Å². The van der Waals surface area contributed by atoms with Gasteiger partial charge >= 0.3 is 5.97 Å². The normalized spacial score (nSPS) is 23.7. The van der Waals surface area contributed by atoms with E-state index >= 15 is 0 Å². The van der Waals surface area contributed by atoms with Gasteiger partial charge in [0, 0.05) is 18.7 Å². The lowest BCUT2D eigenvalue weighted by atomic mass is 9.82. The summed E-state index contributed by atoms with van der Waals surface area (Å²) in [6.07, 6.45) is 3.33. The Bertz CT molecular complexity index is 1310. The van der Waals surface area contributed by atoms with Crippen molar-refractivity contribution in [1.29, 1.82) is 0 Å². The van der Waals surface area contributed by atoms with Crippen molar-refractivity contribution in [3.8, 4) is 5.75 Å². The summed E-state index contributed by atoms with van der Waals surface area (Å²) in [5.41, 5.74) is 5.23. The number of allylic oxidation sites excluding steroid dienone is 2. The lowest BCUT2D eigenvalue weighted by Crippen LogP contribution is -2.31. The topological polar surface area (TPSA) is 84.0 Å². The Labute approximate surface area is 210 Å².